The van der Waals surface area contributed by atoms with E-state index in [1.165, 1.54) is 24.2 Å². The number of ether oxygens (including phenoxy) is 2. The highest BCUT2D eigenvalue weighted by atomic mass is 32.2. The molecule has 0 unspecified atom stereocenters. The molecule has 1 aliphatic heterocycles. The van der Waals surface area contributed by atoms with Crippen LogP contribution >= 0.6 is 0 Å². The lowest BCUT2D eigenvalue weighted by Gasteiger charge is -2.33. The highest BCUT2D eigenvalue weighted by Crippen LogP contribution is 2.45. The Balaban J connectivity index is 1.78. The topological polar surface area (TPSA) is 114 Å². The van der Waals surface area contributed by atoms with Gasteiger partial charge in [0.1, 0.15) is 10.4 Å². The van der Waals surface area contributed by atoms with Crippen LogP contribution in [0.15, 0.2) is 53.7 Å². The van der Waals surface area contributed by atoms with Crippen molar-refractivity contribution in [3.63, 3.8) is 0 Å². The summed E-state index contributed by atoms with van der Waals surface area (Å²) < 4.78 is 41.5. The van der Waals surface area contributed by atoms with Gasteiger partial charge in [0, 0.05) is 38.3 Å². The molecule has 6 rings (SSSR count). The van der Waals surface area contributed by atoms with Crippen molar-refractivity contribution in [1.29, 1.82) is 0 Å². The van der Waals surface area contributed by atoms with Gasteiger partial charge in [-0.15, -0.1) is 5.10 Å². The third-order valence-electron chi connectivity index (χ3n) is 7.82. The molecule has 1 atom stereocenters. The van der Waals surface area contributed by atoms with Crippen LogP contribution in [0.1, 0.15) is 30.1 Å². The number of aromatic nitrogens is 6. The summed E-state index contributed by atoms with van der Waals surface area (Å²) in [6, 6.07) is 11.7. The summed E-state index contributed by atoms with van der Waals surface area (Å²) in [7, 11) is 17.6. The van der Waals surface area contributed by atoms with Gasteiger partial charge in [0.25, 0.3) is 0 Å². The molecule has 0 bridgehead atoms. The fourth-order valence-electron chi connectivity index (χ4n) is 6.00. The molecule has 5 heterocycles. The maximum absolute atomic E-state index is 13.3. The normalized spacial score (nSPS) is 15.8. The van der Waals surface area contributed by atoms with Crippen LogP contribution < -0.4 is 4.74 Å². The summed E-state index contributed by atoms with van der Waals surface area (Å²) in [5, 5.41) is 6.97. The molecule has 1 fully saturated rings. The molecular formula is C28H27B3N6O4S. The number of pyridine rings is 2. The smallest absolute Gasteiger partial charge is 0.224 e. The van der Waals surface area contributed by atoms with E-state index in [1.54, 1.807) is 13.2 Å². The quantitative estimate of drug-likeness (QED) is 0.272. The first-order valence-electron chi connectivity index (χ1n) is 13.5. The monoisotopic (exact) mass is 576 g/mol. The average Bonchev–Trinajstić information content (AvgIpc) is 3.52. The molecule has 1 saturated heterocycles. The summed E-state index contributed by atoms with van der Waals surface area (Å²) >= 11 is 0. The first-order chi connectivity index (χ1) is 20.0. The molecule has 10 nitrogen and oxygen atoms in total. The van der Waals surface area contributed by atoms with E-state index >= 15 is 0 Å². The number of benzene rings is 1. The van der Waals surface area contributed by atoms with E-state index in [-0.39, 0.29) is 28.4 Å². The van der Waals surface area contributed by atoms with E-state index < -0.39 is 15.0 Å². The molecule has 0 N–H and O–H groups in total. The minimum Gasteiger partial charge on any atom is -0.480 e. The standard InChI is InChI=1S/C28H27B3N6O4S/c1-36-24(26(34-35-36)28(29,30)31)18-13-19-22(32-14-18)21-25(20(42(3,38)39)15-33-27(21)40-2)37(19)23(16-7-5-4-6-8-16)17-9-11-41-12-10-17/h4-8,13-15,17,23H,9-12H2,1-3H3/t23-/m1/s1. The summed E-state index contributed by atoms with van der Waals surface area (Å²) in [5.41, 5.74) is 3.98. The van der Waals surface area contributed by atoms with Crippen molar-refractivity contribution >= 4 is 55.3 Å². The largest absolute Gasteiger partial charge is 0.480 e. The van der Waals surface area contributed by atoms with Gasteiger partial charge in [-0.05, 0) is 30.4 Å². The minimum absolute atomic E-state index is 0.0821. The molecule has 4 aromatic heterocycles. The average molecular weight is 576 g/mol. The fourth-order valence-corrected chi connectivity index (χ4v) is 6.80. The highest BCUT2D eigenvalue weighted by molar-refractivity contribution is 7.91. The second-order valence-corrected chi connectivity index (χ2v) is 12.7. The molecule has 1 aromatic carbocycles. The molecule has 5 aromatic rings. The van der Waals surface area contributed by atoms with Crippen LogP contribution in [0.3, 0.4) is 0 Å². The number of hydrogen-bond donors (Lipinski definition) is 0. The van der Waals surface area contributed by atoms with Gasteiger partial charge in [0.2, 0.25) is 5.88 Å². The van der Waals surface area contributed by atoms with Crippen molar-refractivity contribution in [3.8, 4) is 17.1 Å². The first kappa shape index (κ1) is 28.5. The Hall–Kier alpha value is -3.64. The van der Waals surface area contributed by atoms with E-state index in [9.17, 15) is 8.42 Å². The van der Waals surface area contributed by atoms with Gasteiger partial charge in [0.05, 0.1) is 70.7 Å². The van der Waals surface area contributed by atoms with Crippen molar-refractivity contribution in [2.45, 2.75) is 28.9 Å². The Labute approximate surface area is 248 Å². The molecule has 0 saturated carbocycles. The third kappa shape index (κ3) is 4.80. The fraction of sp³-hybridized carbons (Fsp3) is 0.357. The van der Waals surface area contributed by atoms with Gasteiger partial charge >= 0.3 is 0 Å². The summed E-state index contributed by atoms with van der Waals surface area (Å²) in [6.07, 6.45) is 5.75. The Morgan fingerprint density at radius 3 is 2.45 bits per heavy atom. The van der Waals surface area contributed by atoms with Crippen LogP contribution in [0.5, 0.6) is 5.88 Å². The van der Waals surface area contributed by atoms with Crippen molar-refractivity contribution in [1.82, 2.24) is 29.5 Å². The number of sulfone groups is 1. The van der Waals surface area contributed by atoms with E-state index in [1.807, 2.05) is 24.3 Å². The summed E-state index contributed by atoms with van der Waals surface area (Å²) in [5.74, 6) is 0.404. The first-order valence-corrected chi connectivity index (χ1v) is 15.4. The zero-order valence-corrected chi connectivity index (χ0v) is 24.4. The van der Waals surface area contributed by atoms with E-state index in [4.69, 9.17) is 38.0 Å². The maximum Gasteiger partial charge on any atom is 0.224 e. The van der Waals surface area contributed by atoms with E-state index in [0.29, 0.717) is 46.4 Å². The highest BCUT2D eigenvalue weighted by Gasteiger charge is 2.34. The predicted molar refractivity (Wildman–Crippen MR) is 162 cm³/mol. The maximum atomic E-state index is 13.3. The summed E-state index contributed by atoms with van der Waals surface area (Å²) in [4.78, 5) is 9.32. The molecular weight excluding hydrogens is 549 g/mol. The lowest BCUT2D eigenvalue weighted by atomic mass is 9.41. The Morgan fingerprint density at radius 1 is 1.10 bits per heavy atom. The van der Waals surface area contributed by atoms with Crippen molar-refractivity contribution in [2.75, 3.05) is 26.6 Å². The molecule has 42 heavy (non-hydrogen) atoms. The van der Waals surface area contributed by atoms with Crippen molar-refractivity contribution in [2.24, 2.45) is 13.0 Å². The van der Waals surface area contributed by atoms with Gasteiger partial charge in [-0.1, -0.05) is 40.7 Å². The molecule has 14 heteroatoms. The Bertz CT molecular complexity index is 1900. The number of nitrogens with zero attached hydrogens (tertiary/aromatic N) is 6. The SMILES string of the molecule is [B]C([B])([B])c1nnn(C)c1-c1cnc2c3c(OC)ncc(S(C)(=O)=O)c3n([C@H](c3ccccc3)C3CCOCC3)c2c1. The lowest BCUT2D eigenvalue weighted by molar-refractivity contribution is 0.0552. The van der Waals surface area contributed by atoms with Crippen LogP contribution in [-0.4, -0.2) is 88.1 Å². The molecule has 6 radical (unpaired) electrons. The Morgan fingerprint density at radius 2 is 1.81 bits per heavy atom. The van der Waals surface area contributed by atoms with Crippen molar-refractivity contribution < 1.29 is 17.9 Å². The number of fused-ring (bicyclic) bond motifs is 3. The zero-order valence-electron chi connectivity index (χ0n) is 23.6. The second kappa shape index (κ2) is 10.6. The lowest BCUT2D eigenvalue weighted by Crippen LogP contribution is -2.28. The van der Waals surface area contributed by atoms with Crippen LogP contribution in [-0.2, 0) is 26.7 Å². The number of aryl methyl sites for hydroxylation is 1. The van der Waals surface area contributed by atoms with Gasteiger partial charge in [-0.2, -0.15) is 0 Å². The van der Waals surface area contributed by atoms with Gasteiger partial charge in [-0.25, -0.2) is 18.1 Å². The molecule has 1 aliphatic rings. The second-order valence-electron chi connectivity index (χ2n) is 10.7. The van der Waals surface area contributed by atoms with Crippen LogP contribution in [0.25, 0.3) is 33.2 Å². The van der Waals surface area contributed by atoms with Gasteiger partial charge < -0.3 is 14.0 Å². The Kier molecular flexibility index (Phi) is 7.17. The van der Waals surface area contributed by atoms with Gasteiger partial charge in [-0.3, -0.25) is 4.98 Å². The van der Waals surface area contributed by atoms with E-state index in [0.717, 1.165) is 18.4 Å². The van der Waals surface area contributed by atoms with Crippen LogP contribution in [0.4, 0.5) is 0 Å². The number of rotatable bonds is 7. The summed E-state index contributed by atoms with van der Waals surface area (Å²) in [6.45, 7) is 1.21. The zero-order chi connectivity index (χ0) is 29.8. The third-order valence-corrected chi connectivity index (χ3v) is 8.92. The van der Waals surface area contributed by atoms with E-state index in [2.05, 4.69) is 32.0 Å². The molecule has 0 aliphatic carbocycles. The van der Waals surface area contributed by atoms with Crippen LogP contribution in [0, 0.1) is 5.92 Å². The van der Waals surface area contributed by atoms with Gasteiger partial charge in [0.15, 0.2) is 9.84 Å². The van der Waals surface area contributed by atoms with Crippen molar-refractivity contribution in [3.05, 3.63) is 60.0 Å². The molecule has 0 amide bonds. The molecule has 0 spiro atoms. The number of methoxy groups -OCH3 is 1. The van der Waals surface area contributed by atoms with Crippen LogP contribution in [0.2, 0.25) is 0 Å². The molecule has 208 valence electrons. The number of hydrogen-bond acceptors (Lipinski definition) is 8. The predicted octanol–water partition coefficient (Wildman–Crippen LogP) is 2.42. The minimum atomic E-state index is -3.72.